The molecule has 1 heterocycles. The van der Waals surface area contributed by atoms with Crippen LogP contribution in [0.1, 0.15) is 12.8 Å². The highest BCUT2D eigenvalue weighted by molar-refractivity contribution is 6.33. The van der Waals surface area contributed by atoms with Gasteiger partial charge in [0.15, 0.2) is 0 Å². The van der Waals surface area contributed by atoms with Crippen LogP contribution in [-0.4, -0.2) is 13.1 Å². The van der Waals surface area contributed by atoms with Crippen molar-refractivity contribution in [1.82, 2.24) is 0 Å². The third-order valence-corrected chi connectivity index (χ3v) is 2.84. The molecule has 1 fully saturated rings. The van der Waals surface area contributed by atoms with E-state index in [1.807, 2.05) is 6.07 Å². The predicted octanol–water partition coefficient (Wildman–Crippen LogP) is 3.88. The second-order valence-electron chi connectivity index (χ2n) is 3.52. The predicted molar refractivity (Wildman–Crippen MR) is 61.7 cm³/mol. The standard InChI is InChI=1S/C10H11ClN4/c11-9-7-8(13-14-12)3-4-10(9)15-5-1-2-6-15/h3-4,7H,1-2,5-6H2. The van der Waals surface area contributed by atoms with Crippen molar-refractivity contribution in [2.24, 2.45) is 5.11 Å². The monoisotopic (exact) mass is 222 g/mol. The maximum Gasteiger partial charge on any atom is 0.0644 e. The highest BCUT2D eigenvalue weighted by Gasteiger charge is 2.14. The molecule has 0 aliphatic carbocycles. The van der Waals surface area contributed by atoms with E-state index < -0.39 is 0 Å². The van der Waals surface area contributed by atoms with Crippen LogP contribution in [0.25, 0.3) is 10.4 Å². The van der Waals surface area contributed by atoms with E-state index in [9.17, 15) is 0 Å². The highest BCUT2D eigenvalue weighted by atomic mass is 35.5. The molecule has 0 radical (unpaired) electrons. The largest absolute Gasteiger partial charge is 0.370 e. The molecular formula is C10H11ClN4. The molecule has 0 aromatic heterocycles. The normalized spacial score (nSPS) is 15.1. The molecule has 0 spiro atoms. The van der Waals surface area contributed by atoms with Crippen molar-refractivity contribution in [2.75, 3.05) is 18.0 Å². The fraction of sp³-hybridized carbons (Fsp3) is 0.400. The Kier molecular flexibility index (Phi) is 2.99. The van der Waals surface area contributed by atoms with Crippen LogP contribution in [0.4, 0.5) is 11.4 Å². The average Bonchev–Trinajstić information content (AvgIpc) is 2.71. The molecule has 1 aliphatic heterocycles. The first-order chi connectivity index (χ1) is 7.31. The van der Waals surface area contributed by atoms with Crippen LogP contribution in [-0.2, 0) is 0 Å². The summed E-state index contributed by atoms with van der Waals surface area (Å²) in [7, 11) is 0. The second kappa shape index (κ2) is 4.43. The third kappa shape index (κ3) is 2.17. The van der Waals surface area contributed by atoms with E-state index in [4.69, 9.17) is 17.1 Å². The summed E-state index contributed by atoms with van der Waals surface area (Å²) in [5, 5.41) is 4.17. The first-order valence-electron chi connectivity index (χ1n) is 4.91. The van der Waals surface area contributed by atoms with E-state index in [-0.39, 0.29) is 0 Å². The van der Waals surface area contributed by atoms with Gasteiger partial charge in [0.2, 0.25) is 0 Å². The average molecular weight is 223 g/mol. The SMILES string of the molecule is [N-]=[N+]=Nc1ccc(N2CCCC2)c(Cl)c1. The lowest BCUT2D eigenvalue weighted by molar-refractivity contribution is 0.949. The van der Waals surface area contributed by atoms with Crippen molar-refractivity contribution in [2.45, 2.75) is 12.8 Å². The van der Waals surface area contributed by atoms with E-state index in [1.165, 1.54) is 12.8 Å². The lowest BCUT2D eigenvalue weighted by Crippen LogP contribution is -2.17. The van der Waals surface area contributed by atoms with Crippen LogP contribution in [0, 0.1) is 0 Å². The summed E-state index contributed by atoms with van der Waals surface area (Å²) in [5.41, 5.74) is 9.89. The van der Waals surface area contributed by atoms with Gasteiger partial charge in [-0.1, -0.05) is 22.8 Å². The molecule has 15 heavy (non-hydrogen) atoms. The van der Waals surface area contributed by atoms with E-state index >= 15 is 0 Å². The molecule has 1 aromatic carbocycles. The Morgan fingerprint density at radius 3 is 2.67 bits per heavy atom. The first kappa shape index (κ1) is 10.1. The van der Waals surface area contributed by atoms with Gasteiger partial charge in [0.1, 0.15) is 0 Å². The van der Waals surface area contributed by atoms with Gasteiger partial charge >= 0.3 is 0 Å². The van der Waals surface area contributed by atoms with Crippen molar-refractivity contribution in [3.8, 4) is 0 Å². The fourth-order valence-corrected chi connectivity index (χ4v) is 2.12. The molecule has 1 saturated heterocycles. The van der Waals surface area contributed by atoms with E-state index in [2.05, 4.69) is 14.9 Å². The molecule has 78 valence electrons. The summed E-state index contributed by atoms with van der Waals surface area (Å²) in [6, 6.07) is 5.41. The third-order valence-electron chi connectivity index (χ3n) is 2.54. The van der Waals surface area contributed by atoms with Gasteiger partial charge in [0, 0.05) is 23.7 Å². The summed E-state index contributed by atoms with van der Waals surface area (Å²) in [6.45, 7) is 2.11. The number of hydrogen-bond donors (Lipinski definition) is 0. The maximum absolute atomic E-state index is 8.30. The van der Waals surface area contributed by atoms with Crippen LogP contribution in [0.15, 0.2) is 23.3 Å². The minimum Gasteiger partial charge on any atom is -0.370 e. The van der Waals surface area contributed by atoms with Gasteiger partial charge in [0.25, 0.3) is 0 Å². The number of benzene rings is 1. The Hall–Kier alpha value is -1.38. The number of azide groups is 1. The molecule has 1 aromatic rings. The summed E-state index contributed by atoms with van der Waals surface area (Å²) < 4.78 is 0. The first-order valence-corrected chi connectivity index (χ1v) is 5.28. The number of nitrogens with zero attached hydrogens (tertiary/aromatic N) is 4. The maximum atomic E-state index is 8.30. The highest BCUT2D eigenvalue weighted by Crippen LogP contribution is 2.31. The molecule has 0 saturated carbocycles. The molecule has 1 aliphatic rings. The molecule has 4 nitrogen and oxygen atoms in total. The van der Waals surface area contributed by atoms with Crippen LogP contribution in [0.5, 0.6) is 0 Å². The van der Waals surface area contributed by atoms with Crippen molar-refractivity contribution < 1.29 is 0 Å². The lowest BCUT2D eigenvalue weighted by Gasteiger charge is -2.19. The summed E-state index contributed by atoms with van der Waals surface area (Å²) >= 11 is 6.12. The van der Waals surface area contributed by atoms with Crippen LogP contribution >= 0.6 is 11.6 Å². The van der Waals surface area contributed by atoms with E-state index in [1.54, 1.807) is 12.1 Å². The van der Waals surface area contributed by atoms with Gasteiger partial charge in [-0.25, -0.2) is 0 Å². The van der Waals surface area contributed by atoms with Crippen molar-refractivity contribution in [3.63, 3.8) is 0 Å². The van der Waals surface area contributed by atoms with Gasteiger partial charge < -0.3 is 4.90 Å². The minimum absolute atomic E-state index is 0.561. The smallest absolute Gasteiger partial charge is 0.0644 e. The zero-order valence-electron chi connectivity index (χ0n) is 8.23. The van der Waals surface area contributed by atoms with Crippen molar-refractivity contribution in [1.29, 1.82) is 0 Å². The number of halogens is 1. The van der Waals surface area contributed by atoms with E-state index in [0.717, 1.165) is 18.8 Å². The second-order valence-corrected chi connectivity index (χ2v) is 3.93. The van der Waals surface area contributed by atoms with E-state index in [0.29, 0.717) is 10.7 Å². The van der Waals surface area contributed by atoms with Gasteiger partial charge in [-0.3, -0.25) is 0 Å². The zero-order chi connectivity index (χ0) is 10.7. The Labute approximate surface area is 93.1 Å². The van der Waals surface area contributed by atoms with Crippen LogP contribution < -0.4 is 4.90 Å². The van der Waals surface area contributed by atoms with Crippen molar-refractivity contribution in [3.05, 3.63) is 33.7 Å². The number of hydrogen-bond acceptors (Lipinski definition) is 2. The molecule has 0 amide bonds. The van der Waals surface area contributed by atoms with Gasteiger partial charge in [0.05, 0.1) is 10.7 Å². The molecule has 0 N–H and O–H groups in total. The fourth-order valence-electron chi connectivity index (χ4n) is 1.82. The molecule has 0 unspecified atom stereocenters. The number of rotatable bonds is 2. The van der Waals surface area contributed by atoms with Gasteiger partial charge in [-0.15, -0.1) is 0 Å². The van der Waals surface area contributed by atoms with Crippen LogP contribution in [0.2, 0.25) is 5.02 Å². The molecule has 5 heteroatoms. The van der Waals surface area contributed by atoms with Gasteiger partial charge in [-0.2, -0.15) is 0 Å². The number of anilines is 1. The lowest BCUT2D eigenvalue weighted by atomic mass is 10.2. The minimum atomic E-state index is 0.561. The Balaban J connectivity index is 2.29. The van der Waals surface area contributed by atoms with Crippen LogP contribution in [0.3, 0.4) is 0 Å². The summed E-state index contributed by atoms with van der Waals surface area (Å²) in [6.07, 6.45) is 2.43. The summed E-state index contributed by atoms with van der Waals surface area (Å²) in [4.78, 5) is 4.98. The van der Waals surface area contributed by atoms with Gasteiger partial charge in [-0.05, 0) is 30.5 Å². The molecule has 0 bridgehead atoms. The molecule has 2 rings (SSSR count). The molecule has 0 atom stereocenters. The topological polar surface area (TPSA) is 52.0 Å². The zero-order valence-corrected chi connectivity index (χ0v) is 8.98. The Morgan fingerprint density at radius 1 is 1.33 bits per heavy atom. The molecular weight excluding hydrogens is 212 g/mol. The van der Waals surface area contributed by atoms with Crippen molar-refractivity contribution >= 4 is 23.0 Å². The Bertz CT molecular complexity index is 406. The summed E-state index contributed by atoms with van der Waals surface area (Å²) in [5.74, 6) is 0. The Morgan fingerprint density at radius 2 is 2.07 bits per heavy atom. The quantitative estimate of drug-likeness (QED) is 0.426.